The maximum Gasteiger partial charge on any atom is 0.416 e. The molecular formula is C20H19F3N2O2. The number of rotatable bonds is 2. The molecule has 1 aliphatic heterocycles. The van der Waals surface area contributed by atoms with Gasteiger partial charge < -0.3 is 9.80 Å². The van der Waals surface area contributed by atoms with E-state index in [-0.39, 0.29) is 24.1 Å². The van der Waals surface area contributed by atoms with Gasteiger partial charge in [0.05, 0.1) is 5.56 Å². The largest absolute Gasteiger partial charge is 0.416 e. The summed E-state index contributed by atoms with van der Waals surface area (Å²) < 4.78 is 38.0. The summed E-state index contributed by atoms with van der Waals surface area (Å²) >= 11 is 0. The van der Waals surface area contributed by atoms with Crippen molar-refractivity contribution < 1.29 is 22.8 Å². The number of amides is 2. The van der Waals surface area contributed by atoms with Gasteiger partial charge in [-0.15, -0.1) is 0 Å². The molecule has 0 N–H and O–H groups in total. The summed E-state index contributed by atoms with van der Waals surface area (Å²) in [5.41, 5.74) is 1.11. The van der Waals surface area contributed by atoms with Gasteiger partial charge in [-0.2, -0.15) is 13.2 Å². The Morgan fingerprint density at radius 2 is 1.78 bits per heavy atom. The molecule has 2 aromatic rings. The first-order valence-electron chi connectivity index (χ1n) is 8.52. The summed E-state index contributed by atoms with van der Waals surface area (Å²) in [6, 6.07) is 11.3. The lowest BCUT2D eigenvalue weighted by Crippen LogP contribution is -2.57. The van der Waals surface area contributed by atoms with Crippen LogP contribution >= 0.6 is 0 Å². The topological polar surface area (TPSA) is 40.6 Å². The first-order chi connectivity index (χ1) is 12.7. The van der Waals surface area contributed by atoms with Gasteiger partial charge in [-0.05, 0) is 55.8 Å². The average molecular weight is 376 g/mol. The molecule has 27 heavy (non-hydrogen) atoms. The van der Waals surface area contributed by atoms with Gasteiger partial charge in [0, 0.05) is 23.8 Å². The maximum absolute atomic E-state index is 12.7. The first-order valence-corrected chi connectivity index (χ1v) is 8.52. The maximum atomic E-state index is 12.7. The van der Waals surface area contributed by atoms with Crippen molar-refractivity contribution in [2.24, 2.45) is 0 Å². The average Bonchev–Trinajstić information content (AvgIpc) is 2.62. The number of hydrogen-bond donors (Lipinski definition) is 0. The van der Waals surface area contributed by atoms with E-state index in [0.29, 0.717) is 6.54 Å². The summed E-state index contributed by atoms with van der Waals surface area (Å²) in [6.07, 6.45) is -4.45. The molecule has 7 heteroatoms. The Morgan fingerprint density at radius 1 is 1.11 bits per heavy atom. The predicted molar refractivity (Wildman–Crippen MR) is 95.5 cm³/mol. The fraction of sp³-hybridized carbons (Fsp3) is 0.300. The minimum atomic E-state index is -4.45. The molecule has 1 heterocycles. The van der Waals surface area contributed by atoms with E-state index in [4.69, 9.17) is 0 Å². The first kappa shape index (κ1) is 18.9. The summed E-state index contributed by atoms with van der Waals surface area (Å²) in [5, 5.41) is 0. The Morgan fingerprint density at radius 3 is 2.37 bits per heavy atom. The SMILES string of the molecule is Cc1cccc(N2CC(C)N(C(=O)c3ccc(C(F)(F)F)cc3)CC2=O)c1. The molecule has 1 aliphatic rings. The van der Waals surface area contributed by atoms with E-state index in [1.807, 2.05) is 38.1 Å². The monoisotopic (exact) mass is 376 g/mol. The third-order valence-corrected chi connectivity index (χ3v) is 4.62. The number of nitrogens with zero attached hydrogens (tertiary/aromatic N) is 2. The fourth-order valence-corrected chi connectivity index (χ4v) is 3.14. The third-order valence-electron chi connectivity index (χ3n) is 4.62. The Kier molecular flexibility index (Phi) is 4.95. The fourth-order valence-electron chi connectivity index (χ4n) is 3.14. The highest BCUT2D eigenvalue weighted by molar-refractivity contribution is 6.02. The van der Waals surface area contributed by atoms with Crippen LogP contribution in [0.4, 0.5) is 18.9 Å². The van der Waals surface area contributed by atoms with Crippen LogP contribution < -0.4 is 4.90 Å². The summed E-state index contributed by atoms with van der Waals surface area (Å²) in [7, 11) is 0. The number of carbonyl (C=O) groups excluding carboxylic acids is 2. The van der Waals surface area contributed by atoms with Gasteiger partial charge in [0.1, 0.15) is 6.54 Å². The van der Waals surface area contributed by atoms with Crippen molar-refractivity contribution in [2.75, 3.05) is 18.0 Å². The van der Waals surface area contributed by atoms with Crippen LogP contribution in [0.25, 0.3) is 0 Å². The number of hydrogen-bond acceptors (Lipinski definition) is 2. The smallest absolute Gasteiger partial charge is 0.325 e. The second kappa shape index (κ2) is 7.06. The van der Waals surface area contributed by atoms with Crippen LogP contribution in [-0.2, 0) is 11.0 Å². The zero-order chi connectivity index (χ0) is 19.8. The minimum absolute atomic E-state index is 0.116. The van der Waals surface area contributed by atoms with Gasteiger partial charge in [-0.25, -0.2) is 0 Å². The zero-order valence-corrected chi connectivity index (χ0v) is 15.0. The lowest BCUT2D eigenvalue weighted by molar-refractivity contribution is -0.137. The van der Waals surface area contributed by atoms with E-state index in [1.165, 1.54) is 4.90 Å². The van der Waals surface area contributed by atoms with Crippen LogP contribution in [0.15, 0.2) is 48.5 Å². The molecule has 0 spiro atoms. The molecule has 2 amide bonds. The van der Waals surface area contributed by atoms with Gasteiger partial charge in [0.25, 0.3) is 5.91 Å². The summed E-state index contributed by atoms with van der Waals surface area (Å²) in [5.74, 6) is -0.674. The van der Waals surface area contributed by atoms with Gasteiger partial charge in [-0.1, -0.05) is 12.1 Å². The quantitative estimate of drug-likeness (QED) is 0.798. The second-order valence-corrected chi connectivity index (χ2v) is 6.70. The van der Waals surface area contributed by atoms with E-state index in [1.54, 1.807) is 4.90 Å². The Hall–Kier alpha value is -2.83. The van der Waals surface area contributed by atoms with Gasteiger partial charge in [0.2, 0.25) is 5.91 Å². The lowest BCUT2D eigenvalue weighted by atomic mass is 10.1. The van der Waals surface area contributed by atoms with E-state index in [0.717, 1.165) is 35.5 Å². The molecule has 0 saturated carbocycles. The van der Waals surface area contributed by atoms with E-state index in [2.05, 4.69) is 0 Å². The number of alkyl halides is 3. The molecule has 0 radical (unpaired) electrons. The van der Waals surface area contributed by atoms with Crippen molar-refractivity contribution in [3.8, 4) is 0 Å². The molecule has 1 unspecified atom stereocenters. The second-order valence-electron chi connectivity index (χ2n) is 6.70. The van der Waals surface area contributed by atoms with Crippen LogP contribution in [-0.4, -0.2) is 35.8 Å². The molecular weight excluding hydrogens is 357 g/mol. The van der Waals surface area contributed by atoms with Crippen LogP contribution in [0.5, 0.6) is 0 Å². The van der Waals surface area contributed by atoms with Crippen LogP contribution in [0.2, 0.25) is 0 Å². The highest BCUT2D eigenvalue weighted by Crippen LogP contribution is 2.29. The van der Waals surface area contributed by atoms with E-state index < -0.39 is 17.6 Å². The molecule has 4 nitrogen and oxygen atoms in total. The van der Waals surface area contributed by atoms with Crippen LogP contribution in [0.1, 0.15) is 28.4 Å². The van der Waals surface area contributed by atoms with Crippen LogP contribution in [0, 0.1) is 6.92 Å². The molecule has 1 atom stereocenters. The highest BCUT2D eigenvalue weighted by atomic mass is 19.4. The Bertz CT molecular complexity index is 862. The number of piperazine rings is 1. The summed E-state index contributed by atoms with van der Waals surface area (Å²) in [6.45, 7) is 3.96. The van der Waals surface area contributed by atoms with Gasteiger partial charge >= 0.3 is 6.18 Å². The zero-order valence-electron chi connectivity index (χ0n) is 15.0. The minimum Gasteiger partial charge on any atom is -0.325 e. The number of aryl methyl sites for hydroxylation is 1. The number of benzene rings is 2. The van der Waals surface area contributed by atoms with Crippen molar-refractivity contribution in [3.63, 3.8) is 0 Å². The molecule has 0 bridgehead atoms. The molecule has 0 aromatic heterocycles. The van der Waals surface area contributed by atoms with Crippen molar-refractivity contribution in [2.45, 2.75) is 26.1 Å². The highest BCUT2D eigenvalue weighted by Gasteiger charge is 2.34. The molecule has 0 aliphatic carbocycles. The number of anilines is 1. The molecule has 3 rings (SSSR count). The van der Waals surface area contributed by atoms with Crippen molar-refractivity contribution in [3.05, 3.63) is 65.2 Å². The number of carbonyl (C=O) groups is 2. The molecule has 1 fully saturated rings. The molecule has 142 valence electrons. The van der Waals surface area contributed by atoms with Gasteiger partial charge in [-0.3, -0.25) is 9.59 Å². The third kappa shape index (κ3) is 3.97. The lowest BCUT2D eigenvalue weighted by Gasteiger charge is -2.39. The summed E-state index contributed by atoms with van der Waals surface area (Å²) in [4.78, 5) is 28.3. The molecule has 1 saturated heterocycles. The molecule has 2 aromatic carbocycles. The van der Waals surface area contributed by atoms with Crippen LogP contribution in [0.3, 0.4) is 0 Å². The van der Waals surface area contributed by atoms with Crippen molar-refractivity contribution >= 4 is 17.5 Å². The normalized spacial score (nSPS) is 18.0. The Labute approximate surface area is 155 Å². The Balaban J connectivity index is 1.77. The van der Waals surface area contributed by atoms with Gasteiger partial charge in [0.15, 0.2) is 0 Å². The standard InChI is InChI=1S/C20H19F3N2O2/c1-13-4-3-5-17(10-13)25-11-14(2)24(12-18(25)26)19(27)15-6-8-16(9-7-15)20(21,22)23/h3-10,14H,11-12H2,1-2H3. The van der Waals surface area contributed by atoms with Crippen molar-refractivity contribution in [1.29, 1.82) is 0 Å². The predicted octanol–water partition coefficient (Wildman–Crippen LogP) is 3.89. The van der Waals surface area contributed by atoms with E-state index >= 15 is 0 Å². The van der Waals surface area contributed by atoms with Crippen molar-refractivity contribution in [1.82, 2.24) is 4.90 Å². The van der Waals surface area contributed by atoms with E-state index in [9.17, 15) is 22.8 Å². The number of halogens is 3.